The predicted octanol–water partition coefficient (Wildman–Crippen LogP) is 0.927. The summed E-state index contributed by atoms with van der Waals surface area (Å²) >= 11 is 0. The van der Waals surface area contributed by atoms with Gasteiger partial charge in [0.1, 0.15) is 6.04 Å². The zero-order valence-corrected chi connectivity index (χ0v) is 12.3. The zero-order valence-electron chi connectivity index (χ0n) is 12.3. The van der Waals surface area contributed by atoms with Gasteiger partial charge in [-0.15, -0.1) is 5.10 Å². The number of aryl methyl sites for hydroxylation is 1. The monoisotopic (exact) mass is 328 g/mol. The first-order valence-corrected chi connectivity index (χ1v) is 7.09. The van der Waals surface area contributed by atoms with E-state index in [9.17, 15) is 18.0 Å². The van der Waals surface area contributed by atoms with Gasteiger partial charge < -0.3 is 10.6 Å². The van der Waals surface area contributed by atoms with Crippen LogP contribution in [0.1, 0.15) is 29.2 Å². The van der Waals surface area contributed by atoms with Crippen LogP contribution < -0.4 is 5.73 Å². The molecule has 1 amide bonds. The fraction of sp³-hybridized carbons (Fsp3) is 0.538. The van der Waals surface area contributed by atoms with Gasteiger partial charge in [0.2, 0.25) is 5.82 Å². The van der Waals surface area contributed by atoms with Crippen LogP contribution in [0.15, 0.2) is 12.3 Å². The molecule has 0 spiro atoms. The molecule has 3 heterocycles. The van der Waals surface area contributed by atoms with E-state index in [0.717, 1.165) is 4.90 Å². The van der Waals surface area contributed by atoms with E-state index in [1.54, 1.807) is 13.0 Å². The quantitative estimate of drug-likeness (QED) is 0.841. The maximum atomic E-state index is 13.2. The molecule has 3 rings (SSSR count). The molecule has 23 heavy (non-hydrogen) atoms. The number of piperidine rings is 1. The second-order valence-electron chi connectivity index (χ2n) is 5.59. The van der Waals surface area contributed by atoms with Crippen LogP contribution in [0.2, 0.25) is 0 Å². The first kappa shape index (κ1) is 15.7. The highest BCUT2D eigenvalue weighted by Gasteiger charge is 2.48. The van der Waals surface area contributed by atoms with Gasteiger partial charge in [-0.05, 0) is 25.8 Å². The molecular formula is C13H15F3N6O. The summed E-state index contributed by atoms with van der Waals surface area (Å²) in [4.78, 5) is 21.1. The summed E-state index contributed by atoms with van der Waals surface area (Å²) in [6, 6.07) is -0.699. The van der Waals surface area contributed by atoms with E-state index >= 15 is 0 Å². The number of hydrogen-bond acceptors (Lipinski definition) is 5. The lowest BCUT2D eigenvalue weighted by Crippen LogP contribution is -2.56. The molecule has 1 saturated heterocycles. The number of nitrogens with zero attached hydrogens (tertiary/aromatic N) is 5. The molecule has 0 aromatic carbocycles. The van der Waals surface area contributed by atoms with Crippen molar-refractivity contribution in [2.75, 3.05) is 6.54 Å². The number of carbonyl (C=O) groups excluding carboxylic acids is 1. The molecule has 0 radical (unpaired) electrons. The van der Waals surface area contributed by atoms with Crippen LogP contribution in [-0.2, 0) is 0 Å². The van der Waals surface area contributed by atoms with Crippen molar-refractivity contribution < 1.29 is 18.0 Å². The highest BCUT2D eigenvalue weighted by molar-refractivity contribution is 5.91. The molecular weight excluding hydrogens is 313 g/mol. The largest absolute Gasteiger partial charge is 0.408 e. The van der Waals surface area contributed by atoms with E-state index in [1.165, 1.54) is 10.7 Å². The fourth-order valence-corrected chi connectivity index (χ4v) is 2.69. The number of alkyl halides is 3. The maximum Gasteiger partial charge on any atom is 0.408 e. The average molecular weight is 328 g/mol. The van der Waals surface area contributed by atoms with Gasteiger partial charge >= 0.3 is 6.18 Å². The molecule has 0 saturated carbocycles. The van der Waals surface area contributed by atoms with Crippen molar-refractivity contribution in [2.24, 2.45) is 5.73 Å². The lowest BCUT2D eigenvalue weighted by molar-refractivity contribution is -0.184. The smallest absolute Gasteiger partial charge is 0.326 e. The molecule has 1 aliphatic rings. The van der Waals surface area contributed by atoms with Crippen LogP contribution in [0, 0.1) is 6.92 Å². The summed E-state index contributed by atoms with van der Waals surface area (Å²) in [5.41, 5.74) is 6.40. The molecule has 2 N–H and O–H groups in total. The maximum absolute atomic E-state index is 13.2. The van der Waals surface area contributed by atoms with Gasteiger partial charge in [0.25, 0.3) is 11.7 Å². The first-order valence-electron chi connectivity index (χ1n) is 7.09. The average Bonchev–Trinajstić information content (AvgIpc) is 2.90. The van der Waals surface area contributed by atoms with Crippen molar-refractivity contribution >= 4 is 11.7 Å². The van der Waals surface area contributed by atoms with E-state index in [0.29, 0.717) is 5.69 Å². The number of likely N-dealkylation sites (tertiary alicyclic amines) is 1. The number of fused-ring (bicyclic) bond motifs is 1. The normalized spacial score (nSPS) is 22.6. The van der Waals surface area contributed by atoms with Crippen molar-refractivity contribution in [3.63, 3.8) is 0 Å². The Morgan fingerprint density at radius 3 is 2.78 bits per heavy atom. The van der Waals surface area contributed by atoms with Crippen LogP contribution in [0.3, 0.4) is 0 Å². The van der Waals surface area contributed by atoms with E-state index in [2.05, 4.69) is 15.1 Å². The topological polar surface area (TPSA) is 89.4 Å². The van der Waals surface area contributed by atoms with E-state index in [-0.39, 0.29) is 31.0 Å². The van der Waals surface area contributed by atoms with Crippen LogP contribution in [0.25, 0.3) is 5.78 Å². The molecule has 10 heteroatoms. The van der Waals surface area contributed by atoms with E-state index < -0.39 is 24.2 Å². The molecule has 7 nitrogen and oxygen atoms in total. The third kappa shape index (κ3) is 2.85. The lowest BCUT2D eigenvalue weighted by atomic mass is 9.98. The van der Waals surface area contributed by atoms with Crippen molar-refractivity contribution in [1.82, 2.24) is 24.5 Å². The number of hydrogen-bond donors (Lipinski definition) is 1. The molecule has 2 unspecified atom stereocenters. The van der Waals surface area contributed by atoms with Gasteiger partial charge in [-0.3, -0.25) is 4.79 Å². The second-order valence-corrected chi connectivity index (χ2v) is 5.59. The summed E-state index contributed by atoms with van der Waals surface area (Å²) < 4.78 is 40.8. The summed E-state index contributed by atoms with van der Waals surface area (Å²) in [6.45, 7) is 1.55. The van der Waals surface area contributed by atoms with Crippen LogP contribution in [-0.4, -0.2) is 55.2 Å². The summed E-state index contributed by atoms with van der Waals surface area (Å²) in [7, 11) is 0. The minimum atomic E-state index is -4.51. The third-order valence-corrected chi connectivity index (χ3v) is 3.88. The molecule has 0 bridgehead atoms. The standard InChI is InChI=1S/C13H15F3N6O/c1-7-4-5-18-12-19-10(20-22(7)12)11(23)21-6-8(17)2-3-9(21)13(14,15)16/h4-5,8-9H,2-3,6,17H2,1H3. The number of rotatable bonds is 1. The summed E-state index contributed by atoms with van der Waals surface area (Å²) in [5, 5.41) is 3.97. The van der Waals surface area contributed by atoms with Gasteiger partial charge in [-0.1, -0.05) is 0 Å². The molecule has 2 aromatic heterocycles. The Labute approximate surface area is 129 Å². The summed E-state index contributed by atoms with van der Waals surface area (Å²) in [5.74, 6) is -1.03. The molecule has 2 atom stereocenters. The highest BCUT2D eigenvalue weighted by atomic mass is 19.4. The van der Waals surface area contributed by atoms with Crippen LogP contribution in [0.4, 0.5) is 13.2 Å². The lowest BCUT2D eigenvalue weighted by Gasteiger charge is -2.38. The minimum Gasteiger partial charge on any atom is -0.326 e. The van der Waals surface area contributed by atoms with Crippen molar-refractivity contribution in [3.05, 3.63) is 23.8 Å². The number of halogens is 3. The summed E-state index contributed by atoms with van der Waals surface area (Å²) in [6.07, 6.45) is -3.03. The van der Waals surface area contributed by atoms with Crippen LogP contribution >= 0.6 is 0 Å². The molecule has 1 fully saturated rings. The van der Waals surface area contributed by atoms with Crippen molar-refractivity contribution in [1.29, 1.82) is 0 Å². The first-order chi connectivity index (χ1) is 10.8. The zero-order chi connectivity index (χ0) is 16.8. The number of nitrogens with two attached hydrogens (primary N) is 1. The molecule has 1 aliphatic heterocycles. The molecule has 2 aromatic rings. The third-order valence-electron chi connectivity index (χ3n) is 3.88. The Morgan fingerprint density at radius 1 is 1.39 bits per heavy atom. The number of carbonyl (C=O) groups is 1. The molecule has 0 aliphatic carbocycles. The Hall–Kier alpha value is -2.23. The molecule has 124 valence electrons. The van der Waals surface area contributed by atoms with Gasteiger partial charge in [-0.25, -0.2) is 9.50 Å². The Morgan fingerprint density at radius 2 is 2.13 bits per heavy atom. The van der Waals surface area contributed by atoms with Crippen molar-refractivity contribution in [3.8, 4) is 0 Å². The Bertz CT molecular complexity index is 743. The number of aromatic nitrogens is 4. The van der Waals surface area contributed by atoms with E-state index in [1.807, 2.05) is 0 Å². The Balaban J connectivity index is 1.96. The SMILES string of the molecule is Cc1ccnc2nc(C(=O)N3CC(N)CCC3C(F)(F)F)nn12. The Kier molecular flexibility index (Phi) is 3.71. The minimum absolute atomic E-state index is 0.165. The van der Waals surface area contributed by atoms with E-state index in [4.69, 9.17) is 5.73 Å². The van der Waals surface area contributed by atoms with Crippen molar-refractivity contribution in [2.45, 2.75) is 38.0 Å². The predicted molar refractivity (Wildman–Crippen MR) is 73.6 cm³/mol. The van der Waals surface area contributed by atoms with Gasteiger partial charge in [0, 0.05) is 24.5 Å². The van der Waals surface area contributed by atoms with Crippen LogP contribution in [0.5, 0.6) is 0 Å². The fourth-order valence-electron chi connectivity index (χ4n) is 2.69. The van der Waals surface area contributed by atoms with Gasteiger partial charge in [-0.2, -0.15) is 18.2 Å². The van der Waals surface area contributed by atoms with Gasteiger partial charge in [0.15, 0.2) is 0 Å². The number of amides is 1. The second kappa shape index (κ2) is 5.44. The highest BCUT2D eigenvalue weighted by Crippen LogP contribution is 2.32. The van der Waals surface area contributed by atoms with Gasteiger partial charge in [0.05, 0.1) is 0 Å².